The molecule has 2 aliphatic carbocycles. The summed E-state index contributed by atoms with van der Waals surface area (Å²) in [7, 11) is 0. The largest absolute Gasteiger partial charge is 0.381 e. The summed E-state index contributed by atoms with van der Waals surface area (Å²) in [5.74, 6) is 1.19. The summed E-state index contributed by atoms with van der Waals surface area (Å²) in [4.78, 5) is 0. The summed E-state index contributed by atoms with van der Waals surface area (Å²) >= 11 is 0. The second kappa shape index (κ2) is 6.79. The molecule has 2 rings (SSSR count). The summed E-state index contributed by atoms with van der Waals surface area (Å²) in [6, 6.07) is 0. The second-order valence-electron chi connectivity index (χ2n) is 7.19. The molecule has 116 valence electrons. The third kappa shape index (κ3) is 3.97. The highest BCUT2D eigenvalue weighted by atomic mass is 16.5. The van der Waals surface area contributed by atoms with Crippen LogP contribution in [0, 0.1) is 22.7 Å². The molecular formula is C20H30O. The smallest absolute Gasteiger partial charge is 0.0474 e. The molecule has 0 aromatic heterocycles. The van der Waals surface area contributed by atoms with Crippen molar-refractivity contribution >= 4 is 0 Å². The van der Waals surface area contributed by atoms with Gasteiger partial charge in [0.2, 0.25) is 0 Å². The average molecular weight is 286 g/mol. The van der Waals surface area contributed by atoms with Crippen LogP contribution in [0.4, 0.5) is 0 Å². The molecule has 0 aromatic rings. The predicted molar refractivity (Wildman–Crippen MR) is 91.2 cm³/mol. The summed E-state index contributed by atoms with van der Waals surface area (Å²) in [6.45, 7) is 11.0. The molecule has 4 unspecified atom stereocenters. The molecule has 1 nitrogen and oxygen atoms in total. The minimum atomic E-state index is 0.249. The van der Waals surface area contributed by atoms with Gasteiger partial charge in [-0.3, -0.25) is 0 Å². The second-order valence-corrected chi connectivity index (χ2v) is 7.19. The Balaban J connectivity index is 1.71. The van der Waals surface area contributed by atoms with Crippen molar-refractivity contribution in [2.75, 3.05) is 13.2 Å². The van der Waals surface area contributed by atoms with E-state index in [1.165, 1.54) is 0 Å². The van der Waals surface area contributed by atoms with Crippen LogP contribution in [0.3, 0.4) is 0 Å². The maximum atomic E-state index is 5.95. The molecule has 0 amide bonds. The van der Waals surface area contributed by atoms with E-state index in [1.54, 1.807) is 0 Å². The standard InChI is InChI=1S/C20H30O/c1-17-9-5-7-11-19(17,3)13-15-21-16-14-20(4)12-8-6-10-18(20)2/h5-12,17-18H,13-16H2,1-4H3. The molecule has 0 heterocycles. The molecule has 0 aliphatic heterocycles. The number of rotatable bonds is 6. The fraction of sp³-hybridized carbons (Fsp3) is 0.600. The van der Waals surface area contributed by atoms with Crippen LogP contribution in [-0.2, 0) is 4.74 Å². The number of hydrogen-bond donors (Lipinski definition) is 0. The van der Waals surface area contributed by atoms with E-state index in [0.29, 0.717) is 11.8 Å². The maximum absolute atomic E-state index is 5.95. The van der Waals surface area contributed by atoms with Crippen LogP contribution in [0.15, 0.2) is 48.6 Å². The van der Waals surface area contributed by atoms with Crippen LogP contribution < -0.4 is 0 Å². The van der Waals surface area contributed by atoms with Gasteiger partial charge in [-0.15, -0.1) is 0 Å². The molecule has 0 bridgehead atoms. The molecule has 0 saturated heterocycles. The third-order valence-corrected chi connectivity index (χ3v) is 5.63. The minimum Gasteiger partial charge on any atom is -0.381 e. The number of allylic oxidation sites excluding steroid dienone is 8. The SMILES string of the molecule is CC1C=CC=CC1(C)CCOCCC1(C)C=CC=CC1C. The van der Waals surface area contributed by atoms with E-state index in [0.717, 1.165) is 26.1 Å². The highest BCUT2D eigenvalue weighted by molar-refractivity contribution is 5.19. The van der Waals surface area contributed by atoms with Gasteiger partial charge in [-0.05, 0) is 35.5 Å². The highest BCUT2D eigenvalue weighted by Gasteiger charge is 2.29. The van der Waals surface area contributed by atoms with Crippen molar-refractivity contribution in [1.82, 2.24) is 0 Å². The number of hydrogen-bond acceptors (Lipinski definition) is 1. The van der Waals surface area contributed by atoms with Gasteiger partial charge in [0.25, 0.3) is 0 Å². The van der Waals surface area contributed by atoms with Gasteiger partial charge in [0.1, 0.15) is 0 Å². The van der Waals surface area contributed by atoms with Crippen LogP contribution >= 0.6 is 0 Å². The number of ether oxygens (including phenoxy) is 1. The van der Waals surface area contributed by atoms with E-state index >= 15 is 0 Å². The fourth-order valence-electron chi connectivity index (χ4n) is 3.06. The molecule has 0 spiro atoms. The topological polar surface area (TPSA) is 9.23 Å². The van der Waals surface area contributed by atoms with Crippen LogP contribution in [-0.4, -0.2) is 13.2 Å². The zero-order valence-corrected chi connectivity index (χ0v) is 14.0. The van der Waals surface area contributed by atoms with Crippen molar-refractivity contribution in [2.24, 2.45) is 22.7 Å². The third-order valence-electron chi connectivity index (χ3n) is 5.63. The summed E-state index contributed by atoms with van der Waals surface area (Å²) in [5.41, 5.74) is 0.499. The van der Waals surface area contributed by atoms with E-state index in [4.69, 9.17) is 4.74 Å². The molecular weight excluding hydrogens is 256 g/mol. The van der Waals surface area contributed by atoms with Crippen molar-refractivity contribution in [3.05, 3.63) is 48.6 Å². The van der Waals surface area contributed by atoms with Gasteiger partial charge in [-0.2, -0.15) is 0 Å². The molecule has 21 heavy (non-hydrogen) atoms. The van der Waals surface area contributed by atoms with Crippen molar-refractivity contribution in [2.45, 2.75) is 40.5 Å². The first-order valence-corrected chi connectivity index (χ1v) is 8.26. The Kier molecular flexibility index (Phi) is 5.27. The molecule has 1 heteroatoms. The van der Waals surface area contributed by atoms with E-state index < -0.39 is 0 Å². The molecule has 0 radical (unpaired) electrons. The Morgan fingerprint density at radius 3 is 1.57 bits per heavy atom. The van der Waals surface area contributed by atoms with Gasteiger partial charge in [-0.1, -0.05) is 76.3 Å². The lowest BCUT2D eigenvalue weighted by Gasteiger charge is -2.34. The Hall–Kier alpha value is -1.08. The van der Waals surface area contributed by atoms with Crippen molar-refractivity contribution in [3.63, 3.8) is 0 Å². The van der Waals surface area contributed by atoms with E-state index in [1.807, 2.05) is 0 Å². The average Bonchev–Trinajstić information content (AvgIpc) is 2.45. The lowest BCUT2D eigenvalue weighted by molar-refractivity contribution is 0.0784. The van der Waals surface area contributed by atoms with E-state index in [-0.39, 0.29) is 10.8 Å². The zero-order chi connectivity index (χ0) is 15.3. The van der Waals surface area contributed by atoms with Crippen LogP contribution in [0.5, 0.6) is 0 Å². The molecule has 0 aromatic carbocycles. The first kappa shape index (κ1) is 16.3. The van der Waals surface area contributed by atoms with Crippen LogP contribution in [0.1, 0.15) is 40.5 Å². The maximum Gasteiger partial charge on any atom is 0.0474 e. The van der Waals surface area contributed by atoms with Crippen molar-refractivity contribution in [3.8, 4) is 0 Å². The monoisotopic (exact) mass is 286 g/mol. The molecule has 0 fully saturated rings. The van der Waals surface area contributed by atoms with Gasteiger partial charge < -0.3 is 4.74 Å². The zero-order valence-electron chi connectivity index (χ0n) is 14.0. The molecule has 4 atom stereocenters. The fourth-order valence-corrected chi connectivity index (χ4v) is 3.06. The van der Waals surface area contributed by atoms with E-state index in [9.17, 15) is 0 Å². The van der Waals surface area contributed by atoms with Crippen LogP contribution in [0.2, 0.25) is 0 Å². The predicted octanol–water partition coefficient (Wildman–Crippen LogP) is 5.32. The van der Waals surface area contributed by atoms with Gasteiger partial charge in [0, 0.05) is 13.2 Å². The quantitative estimate of drug-likeness (QED) is 0.600. The first-order chi connectivity index (χ1) is 9.96. The van der Waals surface area contributed by atoms with Gasteiger partial charge in [0.15, 0.2) is 0 Å². The normalized spacial score (nSPS) is 38.1. The van der Waals surface area contributed by atoms with Gasteiger partial charge >= 0.3 is 0 Å². The Labute approximate surface area is 130 Å². The Morgan fingerprint density at radius 2 is 1.19 bits per heavy atom. The minimum absolute atomic E-state index is 0.249. The van der Waals surface area contributed by atoms with Crippen molar-refractivity contribution < 1.29 is 4.74 Å². The summed E-state index contributed by atoms with van der Waals surface area (Å²) < 4.78 is 5.95. The van der Waals surface area contributed by atoms with Crippen LogP contribution in [0.25, 0.3) is 0 Å². The highest BCUT2D eigenvalue weighted by Crippen LogP contribution is 2.37. The summed E-state index contributed by atoms with van der Waals surface area (Å²) in [5, 5.41) is 0. The lowest BCUT2D eigenvalue weighted by Crippen LogP contribution is -2.27. The molecule has 2 aliphatic rings. The Bertz CT molecular complexity index is 414. The summed E-state index contributed by atoms with van der Waals surface area (Å²) in [6.07, 6.45) is 20.1. The van der Waals surface area contributed by atoms with Crippen molar-refractivity contribution in [1.29, 1.82) is 0 Å². The lowest BCUT2D eigenvalue weighted by atomic mass is 9.73. The van der Waals surface area contributed by atoms with Gasteiger partial charge in [0.05, 0.1) is 0 Å². The Morgan fingerprint density at radius 1 is 0.762 bits per heavy atom. The molecule has 0 saturated carbocycles. The molecule has 0 N–H and O–H groups in total. The van der Waals surface area contributed by atoms with E-state index in [2.05, 4.69) is 76.3 Å². The first-order valence-electron chi connectivity index (χ1n) is 8.26. The van der Waals surface area contributed by atoms with Gasteiger partial charge in [-0.25, -0.2) is 0 Å².